The van der Waals surface area contributed by atoms with Gasteiger partial charge in [-0.2, -0.15) is 0 Å². The van der Waals surface area contributed by atoms with Crippen LogP contribution in [0, 0.1) is 6.92 Å². The van der Waals surface area contributed by atoms with Crippen LogP contribution in [0.5, 0.6) is 17.4 Å². The maximum absolute atomic E-state index is 5.90. The number of aromatic nitrogens is 2. The van der Waals surface area contributed by atoms with Crippen LogP contribution in [0.25, 0.3) is 0 Å². The molecule has 0 unspecified atom stereocenters. The van der Waals surface area contributed by atoms with Crippen molar-refractivity contribution in [1.29, 1.82) is 0 Å². The molecule has 1 aromatic heterocycles. The van der Waals surface area contributed by atoms with E-state index in [-0.39, 0.29) is 5.41 Å². The fourth-order valence-electron chi connectivity index (χ4n) is 2.72. The first-order valence-corrected chi connectivity index (χ1v) is 6.49. The third-order valence-corrected chi connectivity index (χ3v) is 3.95. The Morgan fingerprint density at radius 1 is 1.26 bits per heavy atom. The molecular formula is C15H14N2O2. The van der Waals surface area contributed by atoms with Gasteiger partial charge >= 0.3 is 0 Å². The number of aryl methyl sites for hydroxylation is 1. The Hall–Kier alpha value is -2.10. The van der Waals surface area contributed by atoms with E-state index >= 15 is 0 Å². The molecular weight excluding hydrogens is 240 g/mol. The number of hydrogen-bond acceptors (Lipinski definition) is 4. The monoisotopic (exact) mass is 254 g/mol. The smallest absolute Gasteiger partial charge is 0.237 e. The molecule has 1 aromatic carbocycles. The van der Waals surface area contributed by atoms with Gasteiger partial charge in [-0.3, -0.25) is 4.98 Å². The lowest BCUT2D eigenvalue weighted by Gasteiger charge is -2.13. The van der Waals surface area contributed by atoms with Crippen LogP contribution in [0.4, 0.5) is 0 Å². The van der Waals surface area contributed by atoms with Gasteiger partial charge in [0.2, 0.25) is 5.88 Å². The maximum Gasteiger partial charge on any atom is 0.237 e. The molecule has 2 aromatic rings. The highest BCUT2D eigenvalue weighted by Crippen LogP contribution is 2.59. The number of nitrogens with zero attached hydrogens (tertiary/aromatic N) is 2. The highest BCUT2D eigenvalue weighted by atomic mass is 16.5. The van der Waals surface area contributed by atoms with Crippen molar-refractivity contribution in [2.75, 3.05) is 6.61 Å². The third kappa shape index (κ3) is 1.59. The van der Waals surface area contributed by atoms with Gasteiger partial charge in [0.05, 0.1) is 12.8 Å². The Kier molecular flexibility index (Phi) is 2.10. The molecule has 1 spiro atoms. The first-order valence-electron chi connectivity index (χ1n) is 6.49. The number of hydrogen-bond donors (Lipinski definition) is 0. The molecule has 0 amide bonds. The van der Waals surface area contributed by atoms with E-state index < -0.39 is 0 Å². The fraction of sp³-hybridized carbons (Fsp3) is 0.333. The minimum Gasteiger partial charge on any atom is -0.492 e. The fourth-order valence-corrected chi connectivity index (χ4v) is 2.72. The molecule has 19 heavy (non-hydrogen) atoms. The van der Waals surface area contributed by atoms with Crippen LogP contribution in [0.2, 0.25) is 0 Å². The Balaban J connectivity index is 1.80. The molecule has 4 heteroatoms. The highest BCUT2D eigenvalue weighted by molar-refractivity contribution is 5.59. The van der Waals surface area contributed by atoms with Crippen molar-refractivity contribution in [2.24, 2.45) is 0 Å². The average molecular weight is 254 g/mol. The van der Waals surface area contributed by atoms with E-state index in [0.717, 1.165) is 18.1 Å². The Morgan fingerprint density at radius 3 is 2.89 bits per heavy atom. The van der Waals surface area contributed by atoms with Crippen LogP contribution in [0.1, 0.15) is 24.0 Å². The van der Waals surface area contributed by atoms with Crippen LogP contribution in [-0.4, -0.2) is 16.6 Å². The van der Waals surface area contributed by atoms with Crippen LogP contribution >= 0.6 is 0 Å². The molecule has 0 saturated heterocycles. The highest BCUT2D eigenvalue weighted by Gasteiger charge is 2.53. The zero-order chi connectivity index (χ0) is 12.9. The van der Waals surface area contributed by atoms with Gasteiger partial charge < -0.3 is 9.47 Å². The molecule has 1 saturated carbocycles. The molecule has 0 atom stereocenters. The van der Waals surface area contributed by atoms with E-state index in [9.17, 15) is 0 Å². The standard InChI is InChI=1S/C15H14N2O2/c1-10-2-3-11(19-12-8-16-6-7-17-12)13-14(10)18-9-15(13)4-5-15/h2-3,6-8H,4-5,9H2,1H3. The minimum atomic E-state index is 0.193. The van der Waals surface area contributed by atoms with Crippen LogP contribution in [-0.2, 0) is 5.41 Å². The molecule has 0 bridgehead atoms. The topological polar surface area (TPSA) is 44.2 Å². The molecule has 2 heterocycles. The van der Waals surface area contributed by atoms with Gasteiger partial charge in [-0.05, 0) is 31.4 Å². The lowest BCUT2D eigenvalue weighted by atomic mass is 9.95. The zero-order valence-corrected chi connectivity index (χ0v) is 10.7. The van der Waals surface area contributed by atoms with Crippen molar-refractivity contribution in [3.63, 3.8) is 0 Å². The summed E-state index contributed by atoms with van der Waals surface area (Å²) in [6.45, 7) is 2.86. The van der Waals surface area contributed by atoms with Gasteiger partial charge in [0.15, 0.2) is 0 Å². The van der Waals surface area contributed by atoms with Crippen LogP contribution in [0.3, 0.4) is 0 Å². The Labute approximate surface area is 111 Å². The second-order valence-corrected chi connectivity index (χ2v) is 5.30. The normalized spacial score (nSPS) is 17.9. The lowest BCUT2D eigenvalue weighted by Crippen LogP contribution is -2.08. The van der Waals surface area contributed by atoms with Crippen molar-refractivity contribution in [3.05, 3.63) is 41.9 Å². The number of benzene rings is 1. The maximum atomic E-state index is 5.90. The summed E-state index contributed by atoms with van der Waals surface area (Å²) in [6.07, 6.45) is 7.26. The average Bonchev–Trinajstić information content (AvgIpc) is 3.09. The summed E-state index contributed by atoms with van der Waals surface area (Å²) in [5, 5.41) is 0. The first kappa shape index (κ1) is 10.8. The molecule has 4 nitrogen and oxygen atoms in total. The zero-order valence-electron chi connectivity index (χ0n) is 10.7. The van der Waals surface area contributed by atoms with Crippen molar-refractivity contribution in [3.8, 4) is 17.4 Å². The molecule has 1 aliphatic heterocycles. The lowest BCUT2D eigenvalue weighted by molar-refractivity contribution is 0.322. The van der Waals surface area contributed by atoms with Crippen molar-refractivity contribution in [2.45, 2.75) is 25.2 Å². The van der Waals surface area contributed by atoms with Crippen molar-refractivity contribution >= 4 is 0 Å². The first-order chi connectivity index (χ1) is 9.28. The van der Waals surface area contributed by atoms with Gasteiger partial charge in [0.1, 0.15) is 11.5 Å². The number of rotatable bonds is 2. The van der Waals surface area contributed by atoms with Gasteiger partial charge in [0.25, 0.3) is 0 Å². The summed E-state index contributed by atoms with van der Waals surface area (Å²) in [4.78, 5) is 8.19. The molecule has 0 radical (unpaired) electrons. The SMILES string of the molecule is Cc1ccc(Oc2cnccn2)c2c1OCC21CC1. The third-order valence-electron chi connectivity index (χ3n) is 3.95. The minimum absolute atomic E-state index is 0.193. The summed E-state index contributed by atoms with van der Waals surface area (Å²) in [6, 6.07) is 4.05. The molecule has 1 aliphatic carbocycles. The Bertz CT molecular complexity index is 636. The van der Waals surface area contributed by atoms with E-state index in [1.54, 1.807) is 18.6 Å². The number of fused-ring (bicyclic) bond motifs is 2. The van der Waals surface area contributed by atoms with Gasteiger partial charge in [-0.25, -0.2) is 4.98 Å². The molecule has 2 aliphatic rings. The predicted molar refractivity (Wildman–Crippen MR) is 69.7 cm³/mol. The number of ether oxygens (including phenoxy) is 2. The summed E-state index contributed by atoms with van der Waals surface area (Å²) in [5.74, 6) is 2.38. The van der Waals surface area contributed by atoms with E-state index in [1.165, 1.54) is 24.0 Å². The summed E-state index contributed by atoms with van der Waals surface area (Å²) in [5.41, 5.74) is 2.59. The van der Waals surface area contributed by atoms with E-state index in [1.807, 2.05) is 12.1 Å². The summed E-state index contributed by atoms with van der Waals surface area (Å²) >= 11 is 0. The van der Waals surface area contributed by atoms with E-state index in [2.05, 4.69) is 16.9 Å². The molecule has 4 rings (SSSR count). The summed E-state index contributed by atoms with van der Waals surface area (Å²) in [7, 11) is 0. The quantitative estimate of drug-likeness (QED) is 0.826. The van der Waals surface area contributed by atoms with E-state index in [0.29, 0.717) is 5.88 Å². The van der Waals surface area contributed by atoms with Crippen molar-refractivity contribution < 1.29 is 9.47 Å². The Morgan fingerprint density at radius 2 is 2.16 bits per heavy atom. The van der Waals surface area contributed by atoms with Crippen LogP contribution in [0.15, 0.2) is 30.7 Å². The van der Waals surface area contributed by atoms with Gasteiger partial charge in [0, 0.05) is 23.4 Å². The second kappa shape index (κ2) is 3.70. The largest absolute Gasteiger partial charge is 0.492 e. The van der Waals surface area contributed by atoms with Crippen LogP contribution < -0.4 is 9.47 Å². The second-order valence-electron chi connectivity index (χ2n) is 5.30. The molecule has 0 N–H and O–H groups in total. The van der Waals surface area contributed by atoms with Gasteiger partial charge in [-0.1, -0.05) is 6.07 Å². The van der Waals surface area contributed by atoms with Gasteiger partial charge in [-0.15, -0.1) is 0 Å². The molecule has 96 valence electrons. The molecule has 1 fully saturated rings. The summed E-state index contributed by atoms with van der Waals surface area (Å²) < 4.78 is 11.8. The van der Waals surface area contributed by atoms with Crippen molar-refractivity contribution in [1.82, 2.24) is 9.97 Å². The predicted octanol–water partition coefficient (Wildman–Crippen LogP) is 3.00. The van der Waals surface area contributed by atoms with E-state index in [4.69, 9.17) is 9.47 Å².